The molecule has 31 heavy (non-hydrogen) atoms. The van der Waals surface area contributed by atoms with Gasteiger partial charge in [-0.1, -0.05) is 0 Å². The van der Waals surface area contributed by atoms with Gasteiger partial charge in [-0.2, -0.15) is 11.8 Å². The number of carbonyl (C=O) groups is 5. The first-order valence-corrected chi connectivity index (χ1v) is 10.6. The van der Waals surface area contributed by atoms with Crippen LogP contribution in [0.4, 0.5) is 0 Å². The largest absolute Gasteiger partial charge is 0.480 e. The lowest BCUT2D eigenvalue weighted by molar-refractivity contribution is -0.142. The molecule has 172 valence electrons. The number of nitrogens with two attached hydrogens (primary N) is 2. The van der Waals surface area contributed by atoms with Gasteiger partial charge < -0.3 is 37.5 Å². The Labute approximate surface area is 182 Å². The Morgan fingerprint density at radius 3 is 2.29 bits per heavy atom. The predicted molar refractivity (Wildman–Crippen MR) is 112 cm³/mol. The monoisotopic (exact) mass is 457 g/mol. The number of amides is 4. The lowest BCUT2D eigenvalue weighted by Crippen LogP contribution is -2.57. The Bertz CT molecular complexity index is 773. The molecule has 13 nitrogen and oxygen atoms in total. The number of thioether (sulfide) groups is 1. The maximum Gasteiger partial charge on any atom is 0.326 e. The summed E-state index contributed by atoms with van der Waals surface area (Å²) in [5, 5.41) is 16.5. The topological polar surface area (TPSA) is 222 Å². The third-order valence-corrected chi connectivity index (χ3v) is 4.72. The Morgan fingerprint density at radius 2 is 1.77 bits per heavy atom. The summed E-state index contributed by atoms with van der Waals surface area (Å²) < 4.78 is 0. The van der Waals surface area contributed by atoms with E-state index >= 15 is 0 Å². The van der Waals surface area contributed by atoms with Crippen molar-refractivity contribution in [3.8, 4) is 0 Å². The quantitative estimate of drug-likeness (QED) is 0.152. The molecule has 0 saturated carbocycles. The van der Waals surface area contributed by atoms with Crippen LogP contribution >= 0.6 is 11.8 Å². The highest BCUT2D eigenvalue weighted by Crippen LogP contribution is 2.05. The molecular weight excluding hydrogens is 430 g/mol. The van der Waals surface area contributed by atoms with Crippen molar-refractivity contribution in [2.75, 3.05) is 18.6 Å². The van der Waals surface area contributed by atoms with Crippen LogP contribution in [-0.2, 0) is 30.4 Å². The van der Waals surface area contributed by atoms with E-state index in [2.05, 4.69) is 25.9 Å². The van der Waals surface area contributed by atoms with Crippen molar-refractivity contribution in [2.45, 2.75) is 37.4 Å². The number of rotatable bonds is 14. The number of nitrogens with one attached hydrogen (secondary N) is 4. The molecule has 3 unspecified atom stereocenters. The lowest BCUT2D eigenvalue weighted by Gasteiger charge is -2.24. The van der Waals surface area contributed by atoms with Gasteiger partial charge >= 0.3 is 5.97 Å². The molecule has 9 N–H and O–H groups in total. The van der Waals surface area contributed by atoms with Crippen LogP contribution in [0.2, 0.25) is 0 Å². The minimum atomic E-state index is -1.32. The van der Waals surface area contributed by atoms with E-state index < -0.39 is 60.7 Å². The summed E-state index contributed by atoms with van der Waals surface area (Å²) >= 11 is 1.42. The van der Waals surface area contributed by atoms with E-state index in [9.17, 15) is 29.1 Å². The molecule has 0 bridgehead atoms. The average Bonchev–Trinajstić information content (AvgIpc) is 3.22. The van der Waals surface area contributed by atoms with Crippen molar-refractivity contribution in [3.05, 3.63) is 18.2 Å². The highest BCUT2D eigenvalue weighted by molar-refractivity contribution is 7.98. The van der Waals surface area contributed by atoms with E-state index in [1.54, 1.807) is 6.26 Å². The number of nitrogens with zero attached hydrogens (tertiary/aromatic N) is 1. The number of imidazole rings is 1. The van der Waals surface area contributed by atoms with Crippen LogP contribution in [0.25, 0.3) is 0 Å². The van der Waals surface area contributed by atoms with Crippen molar-refractivity contribution >= 4 is 41.4 Å². The SMILES string of the molecule is CSCCC(NC(=O)C(CC(N)=O)NC(=O)CN)C(=O)NC(Cc1cnc[nH]1)C(=O)O. The maximum absolute atomic E-state index is 12.7. The van der Waals surface area contributed by atoms with Gasteiger partial charge in [-0.3, -0.25) is 19.2 Å². The normalized spacial score (nSPS) is 13.5. The second kappa shape index (κ2) is 13.2. The van der Waals surface area contributed by atoms with Gasteiger partial charge in [-0.15, -0.1) is 0 Å². The van der Waals surface area contributed by atoms with Gasteiger partial charge in [0.05, 0.1) is 19.3 Å². The minimum absolute atomic E-state index is 0.0406. The summed E-state index contributed by atoms with van der Waals surface area (Å²) in [5.74, 6) is -3.85. The van der Waals surface area contributed by atoms with Gasteiger partial charge in [0.15, 0.2) is 0 Å². The first-order valence-electron chi connectivity index (χ1n) is 9.25. The molecule has 0 aliphatic carbocycles. The molecule has 1 aromatic heterocycles. The fraction of sp³-hybridized carbons (Fsp3) is 0.529. The smallest absolute Gasteiger partial charge is 0.326 e. The summed E-state index contributed by atoms with van der Waals surface area (Å²) in [6.07, 6.45) is 4.26. The molecule has 3 atom stereocenters. The average molecular weight is 458 g/mol. The van der Waals surface area contributed by atoms with Gasteiger partial charge in [0.2, 0.25) is 23.6 Å². The van der Waals surface area contributed by atoms with Gasteiger partial charge in [-0.05, 0) is 18.4 Å². The van der Waals surface area contributed by atoms with Crippen LogP contribution < -0.4 is 27.4 Å². The molecule has 0 spiro atoms. The van der Waals surface area contributed by atoms with E-state index in [1.165, 1.54) is 24.3 Å². The zero-order chi connectivity index (χ0) is 23.4. The predicted octanol–water partition coefficient (Wildman–Crippen LogP) is -2.92. The first-order chi connectivity index (χ1) is 14.7. The number of aliphatic carboxylic acids is 1. The molecule has 0 aliphatic rings. The minimum Gasteiger partial charge on any atom is -0.480 e. The van der Waals surface area contributed by atoms with E-state index in [4.69, 9.17) is 11.5 Å². The summed E-state index contributed by atoms with van der Waals surface area (Å²) in [4.78, 5) is 66.2. The zero-order valence-electron chi connectivity index (χ0n) is 16.9. The molecular formula is C17H27N7O6S. The number of carboxylic acid groups (broad SMARTS) is 1. The van der Waals surface area contributed by atoms with Crippen LogP contribution in [0, 0.1) is 0 Å². The van der Waals surface area contributed by atoms with Gasteiger partial charge in [0.25, 0.3) is 0 Å². The van der Waals surface area contributed by atoms with Crippen LogP contribution in [-0.4, -0.2) is 81.4 Å². The van der Waals surface area contributed by atoms with E-state index in [0.717, 1.165) is 0 Å². The second-order valence-electron chi connectivity index (χ2n) is 6.52. The number of hydrogen-bond donors (Lipinski definition) is 7. The number of aromatic nitrogens is 2. The summed E-state index contributed by atoms with van der Waals surface area (Å²) in [5.41, 5.74) is 10.8. The Balaban J connectivity index is 2.91. The summed E-state index contributed by atoms with van der Waals surface area (Å²) in [6, 6.07) is -3.69. The standard InChI is InChI=1S/C17H27N7O6S/c1-31-3-2-10(23-16(28)11(5-13(19)25)22-14(26)6-18)15(27)24-12(17(29)30)4-9-7-20-8-21-9/h7-8,10-12H,2-6,18H2,1H3,(H2,19,25)(H,20,21)(H,22,26)(H,23,28)(H,24,27)(H,29,30). The Morgan fingerprint density at radius 1 is 1.13 bits per heavy atom. The molecule has 0 radical (unpaired) electrons. The highest BCUT2D eigenvalue weighted by Gasteiger charge is 2.30. The third kappa shape index (κ3) is 9.48. The van der Waals surface area contributed by atoms with Crippen molar-refractivity contribution in [2.24, 2.45) is 11.5 Å². The lowest BCUT2D eigenvalue weighted by atomic mass is 10.1. The molecule has 4 amide bonds. The van der Waals surface area contributed by atoms with Crippen molar-refractivity contribution in [1.82, 2.24) is 25.9 Å². The van der Waals surface area contributed by atoms with Crippen molar-refractivity contribution in [1.29, 1.82) is 0 Å². The van der Waals surface area contributed by atoms with Crippen molar-refractivity contribution in [3.63, 3.8) is 0 Å². The molecule has 14 heteroatoms. The molecule has 1 heterocycles. The number of carbonyl (C=O) groups excluding carboxylic acids is 4. The summed E-state index contributed by atoms with van der Waals surface area (Å²) in [6.45, 7) is -0.410. The molecule has 0 aliphatic heterocycles. The molecule has 0 fully saturated rings. The maximum atomic E-state index is 12.7. The number of primary amides is 1. The van der Waals surface area contributed by atoms with Crippen LogP contribution in [0.3, 0.4) is 0 Å². The van der Waals surface area contributed by atoms with Crippen LogP contribution in [0.1, 0.15) is 18.5 Å². The molecule has 1 aromatic rings. The Kier molecular flexibility index (Phi) is 11.1. The second-order valence-corrected chi connectivity index (χ2v) is 7.50. The number of H-pyrrole nitrogens is 1. The van der Waals surface area contributed by atoms with E-state index in [0.29, 0.717) is 11.4 Å². The number of aromatic amines is 1. The number of carboxylic acids is 1. The van der Waals surface area contributed by atoms with Crippen LogP contribution in [0.5, 0.6) is 0 Å². The fourth-order valence-electron chi connectivity index (χ4n) is 2.53. The zero-order valence-corrected chi connectivity index (χ0v) is 17.7. The van der Waals surface area contributed by atoms with Crippen LogP contribution in [0.15, 0.2) is 12.5 Å². The molecule has 0 saturated heterocycles. The van der Waals surface area contributed by atoms with Gasteiger partial charge in [-0.25, -0.2) is 9.78 Å². The molecule has 1 rings (SSSR count). The summed E-state index contributed by atoms with van der Waals surface area (Å²) in [7, 11) is 0. The van der Waals surface area contributed by atoms with E-state index in [-0.39, 0.29) is 12.8 Å². The van der Waals surface area contributed by atoms with Gasteiger partial charge in [0.1, 0.15) is 18.1 Å². The van der Waals surface area contributed by atoms with Gasteiger partial charge in [0, 0.05) is 18.3 Å². The Hall–Kier alpha value is -3.13. The third-order valence-electron chi connectivity index (χ3n) is 4.08. The van der Waals surface area contributed by atoms with E-state index in [1.807, 2.05) is 0 Å². The number of hydrogen-bond acceptors (Lipinski definition) is 8. The van der Waals surface area contributed by atoms with Crippen molar-refractivity contribution < 1.29 is 29.1 Å². The molecule has 0 aromatic carbocycles. The fourth-order valence-corrected chi connectivity index (χ4v) is 3.00. The first kappa shape index (κ1) is 25.9. The highest BCUT2D eigenvalue weighted by atomic mass is 32.2.